The summed E-state index contributed by atoms with van der Waals surface area (Å²) in [5, 5.41) is 0. The topological polar surface area (TPSA) is 60.4 Å². The van der Waals surface area contributed by atoms with Gasteiger partial charge >= 0.3 is 0 Å². The molecule has 3 nitrogen and oxygen atoms in total. The summed E-state index contributed by atoms with van der Waals surface area (Å²) in [6.07, 6.45) is 0. The van der Waals surface area contributed by atoms with Crippen LogP contribution in [0.5, 0.6) is 0 Å². The Kier molecular flexibility index (Phi) is 5.64. The Labute approximate surface area is 68.2 Å². The molecule has 11 heavy (non-hydrogen) atoms. The molecule has 0 aliphatic rings. The summed E-state index contributed by atoms with van der Waals surface area (Å²) in [6.45, 7) is 2.08. The summed E-state index contributed by atoms with van der Waals surface area (Å²) < 4.78 is 24.1. The fourth-order valence-electron chi connectivity index (χ4n) is 0.534. The van der Waals surface area contributed by atoms with Gasteiger partial charge in [0.25, 0.3) is 0 Å². The summed E-state index contributed by atoms with van der Waals surface area (Å²) >= 11 is -2.86. The molecule has 1 atom stereocenters. The molecule has 0 aliphatic carbocycles. The highest BCUT2D eigenvalue weighted by Crippen LogP contribution is 1.92. The van der Waals surface area contributed by atoms with Crippen molar-refractivity contribution in [3.8, 4) is 0 Å². The second-order valence-electron chi connectivity index (χ2n) is 1.87. The third-order valence-electron chi connectivity index (χ3n) is 0.940. The molecular weight excluding hydrogens is 164 g/mol. The number of rotatable bonds is 0. The van der Waals surface area contributed by atoms with Crippen LogP contribution in [0.3, 0.4) is 0 Å². The van der Waals surface area contributed by atoms with Crippen LogP contribution in [0.25, 0.3) is 0 Å². The lowest BCUT2D eigenvalue weighted by Gasteiger charge is -1.83. The number of hydrogen-bond donors (Lipinski definition) is 1. The van der Waals surface area contributed by atoms with Gasteiger partial charge in [0, 0.05) is 0 Å². The molecule has 1 aromatic rings. The molecule has 0 amide bonds. The Morgan fingerprint density at radius 2 is 1.73 bits per heavy atom. The maximum atomic E-state index is 8.56. The van der Waals surface area contributed by atoms with Crippen molar-refractivity contribution in [3.63, 3.8) is 0 Å². The second-order valence-corrected chi connectivity index (χ2v) is 2.31. The van der Waals surface area contributed by atoms with E-state index in [1.54, 1.807) is 0 Å². The van der Waals surface area contributed by atoms with Gasteiger partial charge in [-0.1, -0.05) is 35.9 Å². The normalized spacial score (nSPS) is 11.2. The molecule has 0 aliphatic heterocycles. The first-order valence-electron chi connectivity index (χ1n) is 2.93. The fourth-order valence-corrected chi connectivity index (χ4v) is 0.534. The van der Waals surface area contributed by atoms with Crippen LogP contribution in [0.4, 0.5) is 0 Å². The standard InChI is InChI=1S/C7H8.H2O3S/c1-7-5-3-2-4-6-7;1-4(2)3/h2-6H,1H3;(H2,1,2,3)/p-1. The Hall–Kier alpha value is -0.710. The summed E-state index contributed by atoms with van der Waals surface area (Å²) in [5.41, 5.74) is 1.32. The third-order valence-corrected chi connectivity index (χ3v) is 0.940. The SMILES string of the molecule is Cc1ccccc1.O=S([O-])O. The van der Waals surface area contributed by atoms with Crippen molar-refractivity contribution >= 4 is 11.4 Å². The Balaban J connectivity index is 0.000000218. The highest BCUT2D eigenvalue weighted by Gasteiger charge is 1.72. The van der Waals surface area contributed by atoms with Crippen LogP contribution >= 0.6 is 0 Å². The molecule has 0 saturated heterocycles. The van der Waals surface area contributed by atoms with Crippen LogP contribution in [0.1, 0.15) is 5.56 Å². The first-order valence-corrected chi connectivity index (χ1v) is 3.96. The van der Waals surface area contributed by atoms with Crippen molar-refractivity contribution in [3.05, 3.63) is 35.9 Å². The largest absolute Gasteiger partial charge is 0.750 e. The lowest BCUT2D eigenvalue weighted by molar-refractivity contribution is 0.436. The van der Waals surface area contributed by atoms with Gasteiger partial charge in [0.2, 0.25) is 0 Å². The summed E-state index contributed by atoms with van der Waals surface area (Å²) in [4.78, 5) is 0. The molecular formula is C7H9O3S-. The van der Waals surface area contributed by atoms with E-state index in [4.69, 9.17) is 13.3 Å². The van der Waals surface area contributed by atoms with Crippen LogP contribution < -0.4 is 0 Å². The first kappa shape index (κ1) is 10.3. The van der Waals surface area contributed by atoms with E-state index in [0.717, 1.165) is 0 Å². The van der Waals surface area contributed by atoms with Gasteiger partial charge in [0.15, 0.2) is 0 Å². The minimum absolute atomic E-state index is 1.32. The summed E-state index contributed by atoms with van der Waals surface area (Å²) in [6, 6.07) is 10.3. The number of hydrogen-bond acceptors (Lipinski definition) is 2. The Bertz CT molecular complexity index is 206. The zero-order valence-electron chi connectivity index (χ0n) is 6.06. The molecule has 0 heterocycles. The average Bonchev–Trinajstić information content (AvgIpc) is 1.87. The molecule has 1 aromatic carbocycles. The van der Waals surface area contributed by atoms with E-state index in [2.05, 4.69) is 19.1 Å². The third kappa shape index (κ3) is 9.29. The summed E-state index contributed by atoms with van der Waals surface area (Å²) in [7, 11) is 0. The molecule has 4 heteroatoms. The van der Waals surface area contributed by atoms with Crippen LogP contribution in [0.2, 0.25) is 0 Å². The zero-order valence-corrected chi connectivity index (χ0v) is 6.88. The van der Waals surface area contributed by atoms with Crippen molar-refractivity contribution in [2.75, 3.05) is 0 Å². The van der Waals surface area contributed by atoms with Crippen molar-refractivity contribution < 1.29 is 13.3 Å². The van der Waals surface area contributed by atoms with Gasteiger partial charge in [0.05, 0.1) is 11.4 Å². The molecule has 0 saturated carbocycles. The quantitative estimate of drug-likeness (QED) is 0.602. The van der Waals surface area contributed by atoms with E-state index >= 15 is 0 Å². The zero-order chi connectivity index (χ0) is 8.69. The van der Waals surface area contributed by atoms with Gasteiger partial charge < -0.3 is 9.11 Å². The van der Waals surface area contributed by atoms with E-state index in [0.29, 0.717) is 0 Å². The predicted octanol–water partition coefficient (Wildman–Crippen LogP) is 1.33. The molecule has 0 bridgehead atoms. The average molecular weight is 173 g/mol. The van der Waals surface area contributed by atoms with E-state index in [1.165, 1.54) is 5.56 Å². The number of benzene rings is 1. The van der Waals surface area contributed by atoms with Gasteiger partial charge in [-0.3, -0.25) is 0 Å². The summed E-state index contributed by atoms with van der Waals surface area (Å²) in [5.74, 6) is 0. The molecule has 62 valence electrons. The molecule has 0 radical (unpaired) electrons. The smallest absolute Gasteiger partial charge is 0.0814 e. The molecule has 0 aromatic heterocycles. The molecule has 1 unspecified atom stereocenters. The maximum absolute atomic E-state index is 8.56. The molecule has 0 spiro atoms. The van der Waals surface area contributed by atoms with Crippen molar-refractivity contribution in [2.24, 2.45) is 0 Å². The first-order chi connectivity index (χ1) is 5.13. The molecule has 0 fully saturated rings. The Morgan fingerprint density at radius 3 is 1.91 bits per heavy atom. The van der Waals surface area contributed by atoms with E-state index in [9.17, 15) is 0 Å². The maximum Gasteiger partial charge on any atom is 0.0814 e. The van der Waals surface area contributed by atoms with Crippen LogP contribution in [-0.2, 0) is 11.4 Å². The Morgan fingerprint density at radius 1 is 1.36 bits per heavy atom. The van der Waals surface area contributed by atoms with Gasteiger partial charge in [0.1, 0.15) is 0 Å². The predicted molar refractivity (Wildman–Crippen MR) is 42.7 cm³/mol. The number of aryl methyl sites for hydroxylation is 1. The van der Waals surface area contributed by atoms with Crippen molar-refractivity contribution in [1.82, 2.24) is 0 Å². The van der Waals surface area contributed by atoms with Gasteiger partial charge in [-0.2, -0.15) is 0 Å². The minimum Gasteiger partial charge on any atom is -0.750 e. The fraction of sp³-hybridized carbons (Fsp3) is 0.143. The van der Waals surface area contributed by atoms with Crippen LogP contribution in [0, 0.1) is 6.92 Å². The van der Waals surface area contributed by atoms with E-state index in [1.807, 2.05) is 18.2 Å². The van der Waals surface area contributed by atoms with Crippen LogP contribution in [-0.4, -0.2) is 13.3 Å². The highest BCUT2D eigenvalue weighted by molar-refractivity contribution is 7.73. The monoisotopic (exact) mass is 173 g/mol. The van der Waals surface area contributed by atoms with E-state index in [-0.39, 0.29) is 0 Å². The highest BCUT2D eigenvalue weighted by atomic mass is 32.2. The van der Waals surface area contributed by atoms with Gasteiger partial charge in [-0.15, -0.1) is 0 Å². The van der Waals surface area contributed by atoms with Crippen LogP contribution in [0.15, 0.2) is 30.3 Å². The van der Waals surface area contributed by atoms with Crippen molar-refractivity contribution in [1.29, 1.82) is 0 Å². The molecule has 1 N–H and O–H groups in total. The lowest BCUT2D eigenvalue weighted by atomic mass is 10.2. The van der Waals surface area contributed by atoms with Gasteiger partial charge in [-0.25, -0.2) is 4.21 Å². The molecule has 1 rings (SSSR count). The van der Waals surface area contributed by atoms with Crippen molar-refractivity contribution in [2.45, 2.75) is 6.92 Å². The minimum atomic E-state index is -2.86. The van der Waals surface area contributed by atoms with Gasteiger partial charge in [-0.05, 0) is 6.92 Å². The lowest BCUT2D eigenvalue weighted by Crippen LogP contribution is -1.75. The second kappa shape index (κ2) is 6.03. The van der Waals surface area contributed by atoms with E-state index < -0.39 is 11.4 Å².